The maximum atomic E-state index is 10.9. The monoisotopic (exact) mass is 338 g/mol. The molecule has 25 heavy (non-hydrogen) atoms. The van der Waals surface area contributed by atoms with Gasteiger partial charge in [0, 0.05) is 44.9 Å². The third-order valence-electron chi connectivity index (χ3n) is 4.87. The molecule has 5 nitrogen and oxygen atoms in total. The molecule has 1 amide bonds. The van der Waals surface area contributed by atoms with Gasteiger partial charge in [-0.2, -0.15) is 5.10 Å². The molecule has 0 saturated heterocycles. The third kappa shape index (κ3) is 4.17. The van der Waals surface area contributed by atoms with Gasteiger partial charge >= 0.3 is 0 Å². The van der Waals surface area contributed by atoms with Crippen LogP contribution in [-0.4, -0.2) is 46.8 Å². The maximum Gasteiger partial charge on any atom is 0.216 e. The van der Waals surface area contributed by atoms with Crippen LogP contribution in [0.5, 0.6) is 0 Å². The van der Waals surface area contributed by atoms with E-state index in [2.05, 4.69) is 59.6 Å². The third-order valence-corrected chi connectivity index (χ3v) is 4.87. The largest absolute Gasteiger partial charge is 0.355 e. The molecule has 1 aliphatic rings. The quantitative estimate of drug-likeness (QED) is 0.912. The van der Waals surface area contributed by atoms with Gasteiger partial charge in [0.05, 0.1) is 11.9 Å². The smallest absolute Gasteiger partial charge is 0.216 e. The molecular formula is C20H26N4O. The molecule has 1 aromatic heterocycles. The molecule has 0 aliphatic carbocycles. The highest BCUT2D eigenvalue weighted by molar-refractivity contribution is 5.72. The van der Waals surface area contributed by atoms with Crippen molar-refractivity contribution in [2.24, 2.45) is 0 Å². The Kier molecular flexibility index (Phi) is 5.34. The van der Waals surface area contributed by atoms with E-state index in [0.29, 0.717) is 6.54 Å². The second kappa shape index (κ2) is 7.66. The van der Waals surface area contributed by atoms with Crippen LogP contribution in [0.25, 0.3) is 11.3 Å². The SMILES string of the molecule is CC(=O)NCCN1CC=C(c2cnn(-c3cccc(C)c3C)c2)CC1. The lowest BCUT2D eigenvalue weighted by atomic mass is 10.0. The van der Waals surface area contributed by atoms with Gasteiger partial charge in [-0.05, 0) is 43.0 Å². The van der Waals surface area contributed by atoms with Crippen LogP contribution in [0, 0.1) is 13.8 Å². The lowest BCUT2D eigenvalue weighted by molar-refractivity contribution is -0.119. The van der Waals surface area contributed by atoms with Gasteiger partial charge in [0.15, 0.2) is 0 Å². The highest BCUT2D eigenvalue weighted by atomic mass is 16.1. The van der Waals surface area contributed by atoms with Crippen molar-refractivity contribution >= 4 is 11.5 Å². The molecule has 0 radical (unpaired) electrons. The molecule has 3 rings (SSSR count). The van der Waals surface area contributed by atoms with E-state index in [1.807, 2.05) is 10.9 Å². The molecular weight excluding hydrogens is 312 g/mol. The van der Waals surface area contributed by atoms with Gasteiger partial charge in [-0.1, -0.05) is 18.2 Å². The van der Waals surface area contributed by atoms with E-state index in [9.17, 15) is 4.79 Å². The number of nitrogens with zero attached hydrogens (tertiary/aromatic N) is 3. The van der Waals surface area contributed by atoms with Gasteiger partial charge < -0.3 is 5.32 Å². The fourth-order valence-electron chi connectivity index (χ4n) is 3.17. The molecule has 2 heterocycles. The number of amides is 1. The topological polar surface area (TPSA) is 50.2 Å². The van der Waals surface area contributed by atoms with Crippen LogP contribution < -0.4 is 5.32 Å². The van der Waals surface area contributed by atoms with Crippen molar-refractivity contribution in [1.29, 1.82) is 0 Å². The fourth-order valence-corrected chi connectivity index (χ4v) is 3.17. The lowest BCUT2D eigenvalue weighted by Gasteiger charge is -2.25. The Bertz CT molecular complexity index is 791. The molecule has 0 fully saturated rings. The first kappa shape index (κ1) is 17.4. The second-order valence-corrected chi connectivity index (χ2v) is 6.66. The van der Waals surface area contributed by atoms with Gasteiger partial charge in [-0.25, -0.2) is 4.68 Å². The summed E-state index contributed by atoms with van der Waals surface area (Å²) in [6.07, 6.45) is 7.38. The number of rotatable bonds is 5. The molecule has 0 unspecified atom stereocenters. The second-order valence-electron chi connectivity index (χ2n) is 6.66. The number of carbonyl (C=O) groups excluding carboxylic acids is 1. The average Bonchev–Trinajstić information content (AvgIpc) is 3.07. The standard InChI is InChI=1S/C20H26N4O/c1-15-5-4-6-20(16(15)2)24-14-19(13-22-24)18-7-10-23(11-8-18)12-9-21-17(3)25/h4-7,13-14H,8-12H2,1-3H3,(H,21,25). The summed E-state index contributed by atoms with van der Waals surface area (Å²) in [4.78, 5) is 13.3. The Hall–Kier alpha value is -2.40. The zero-order valence-corrected chi connectivity index (χ0v) is 15.2. The minimum atomic E-state index is 0.0343. The van der Waals surface area contributed by atoms with Gasteiger partial charge in [0.2, 0.25) is 5.91 Å². The van der Waals surface area contributed by atoms with E-state index in [4.69, 9.17) is 0 Å². The number of hydrogen-bond donors (Lipinski definition) is 1. The minimum Gasteiger partial charge on any atom is -0.355 e. The van der Waals surface area contributed by atoms with Crippen LogP contribution in [0.15, 0.2) is 36.7 Å². The van der Waals surface area contributed by atoms with E-state index in [1.54, 1.807) is 6.92 Å². The summed E-state index contributed by atoms with van der Waals surface area (Å²) in [5.41, 5.74) is 6.23. The normalized spacial score (nSPS) is 15.1. The van der Waals surface area contributed by atoms with E-state index in [0.717, 1.165) is 31.7 Å². The number of benzene rings is 1. The number of hydrogen-bond acceptors (Lipinski definition) is 3. The number of aryl methyl sites for hydroxylation is 1. The fraction of sp³-hybridized carbons (Fsp3) is 0.400. The molecule has 0 spiro atoms. The minimum absolute atomic E-state index is 0.0343. The van der Waals surface area contributed by atoms with Gasteiger partial charge in [-0.3, -0.25) is 9.69 Å². The van der Waals surface area contributed by atoms with Gasteiger partial charge in [0.25, 0.3) is 0 Å². The number of nitrogens with one attached hydrogen (secondary N) is 1. The van der Waals surface area contributed by atoms with Crippen molar-refractivity contribution in [2.45, 2.75) is 27.2 Å². The van der Waals surface area contributed by atoms with Crippen LogP contribution in [0.3, 0.4) is 0 Å². The molecule has 0 saturated carbocycles. The lowest BCUT2D eigenvalue weighted by Crippen LogP contribution is -2.36. The predicted octanol–water partition coefficient (Wildman–Crippen LogP) is 2.71. The van der Waals surface area contributed by atoms with Gasteiger partial charge in [0.1, 0.15) is 0 Å². The highest BCUT2D eigenvalue weighted by Crippen LogP contribution is 2.24. The summed E-state index contributed by atoms with van der Waals surface area (Å²) in [5.74, 6) is 0.0343. The van der Waals surface area contributed by atoms with Crippen molar-refractivity contribution in [1.82, 2.24) is 20.0 Å². The van der Waals surface area contributed by atoms with E-state index in [1.165, 1.54) is 22.3 Å². The first-order valence-electron chi connectivity index (χ1n) is 8.82. The van der Waals surface area contributed by atoms with Crippen molar-refractivity contribution in [3.05, 3.63) is 53.4 Å². The van der Waals surface area contributed by atoms with Crippen molar-refractivity contribution in [3.8, 4) is 5.69 Å². The molecule has 0 bridgehead atoms. The summed E-state index contributed by atoms with van der Waals surface area (Å²) < 4.78 is 1.97. The predicted molar refractivity (Wildman–Crippen MR) is 101 cm³/mol. The van der Waals surface area contributed by atoms with Crippen molar-refractivity contribution in [3.63, 3.8) is 0 Å². The molecule has 1 N–H and O–H groups in total. The van der Waals surface area contributed by atoms with Crippen LogP contribution >= 0.6 is 0 Å². The zero-order chi connectivity index (χ0) is 17.8. The first-order chi connectivity index (χ1) is 12.0. The first-order valence-corrected chi connectivity index (χ1v) is 8.82. The van der Waals surface area contributed by atoms with E-state index in [-0.39, 0.29) is 5.91 Å². The van der Waals surface area contributed by atoms with Gasteiger partial charge in [-0.15, -0.1) is 0 Å². The summed E-state index contributed by atoms with van der Waals surface area (Å²) in [5, 5.41) is 7.42. The maximum absolute atomic E-state index is 10.9. The molecule has 5 heteroatoms. The highest BCUT2D eigenvalue weighted by Gasteiger charge is 2.14. The van der Waals surface area contributed by atoms with Crippen LogP contribution in [0.2, 0.25) is 0 Å². The van der Waals surface area contributed by atoms with E-state index >= 15 is 0 Å². The molecule has 0 atom stereocenters. The Morgan fingerprint density at radius 3 is 2.88 bits per heavy atom. The van der Waals surface area contributed by atoms with Crippen LogP contribution in [0.1, 0.15) is 30.0 Å². The van der Waals surface area contributed by atoms with E-state index < -0.39 is 0 Å². The summed E-state index contributed by atoms with van der Waals surface area (Å²) in [7, 11) is 0. The molecule has 2 aromatic rings. The molecule has 1 aliphatic heterocycles. The average molecular weight is 338 g/mol. The number of carbonyl (C=O) groups is 1. The molecule has 1 aromatic carbocycles. The van der Waals surface area contributed by atoms with Crippen LogP contribution in [-0.2, 0) is 4.79 Å². The number of aromatic nitrogens is 2. The van der Waals surface area contributed by atoms with Crippen molar-refractivity contribution < 1.29 is 4.79 Å². The Morgan fingerprint density at radius 1 is 1.32 bits per heavy atom. The summed E-state index contributed by atoms with van der Waals surface area (Å²) in [6.45, 7) is 9.36. The Balaban J connectivity index is 1.66. The Morgan fingerprint density at radius 2 is 2.16 bits per heavy atom. The summed E-state index contributed by atoms with van der Waals surface area (Å²) in [6, 6.07) is 6.31. The Labute approximate surface area is 149 Å². The van der Waals surface area contributed by atoms with Crippen LogP contribution in [0.4, 0.5) is 0 Å². The molecule has 132 valence electrons. The van der Waals surface area contributed by atoms with Crippen molar-refractivity contribution in [2.75, 3.05) is 26.2 Å². The summed E-state index contributed by atoms with van der Waals surface area (Å²) >= 11 is 0. The zero-order valence-electron chi connectivity index (χ0n) is 15.2.